The van der Waals surface area contributed by atoms with Crippen molar-refractivity contribution in [3.05, 3.63) is 34.1 Å². The van der Waals surface area contributed by atoms with Crippen LogP contribution in [0, 0.1) is 5.82 Å². The van der Waals surface area contributed by atoms with E-state index in [1.54, 1.807) is 0 Å². The number of nitrogens with zero attached hydrogens (tertiary/aromatic N) is 1. The van der Waals surface area contributed by atoms with Crippen LogP contribution in [0.2, 0.25) is 0 Å². The summed E-state index contributed by atoms with van der Waals surface area (Å²) in [6.07, 6.45) is -0.0392. The molecule has 2 amide bonds. The van der Waals surface area contributed by atoms with Crippen molar-refractivity contribution in [1.29, 1.82) is 0 Å². The summed E-state index contributed by atoms with van der Waals surface area (Å²) in [6.45, 7) is -0.368. The first-order valence-corrected chi connectivity index (χ1v) is 6.79. The number of likely N-dealkylation sites (N-methyl/N-ethyl adjacent to an activating group) is 1. The highest BCUT2D eigenvalue weighted by atomic mass is 79.9. The number of hydrogen-bond acceptors (Lipinski definition) is 3. The molecule has 1 aromatic rings. The average Bonchev–Trinajstić information content (AvgIpc) is 2.40. The Labute approximate surface area is 129 Å². The summed E-state index contributed by atoms with van der Waals surface area (Å²) in [7, 11) is 1.36. The number of carboxylic acids is 1. The van der Waals surface area contributed by atoms with Gasteiger partial charge in [0.2, 0.25) is 5.91 Å². The molecule has 1 aromatic carbocycles. The maximum Gasteiger partial charge on any atom is 0.323 e. The molecule has 114 valence electrons. The molecule has 0 aliphatic heterocycles. The molecule has 2 N–H and O–H groups in total. The molecule has 0 fully saturated rings. The van der Waals surface area contributed by atoms with Crippen molar-refractivity contribution < 1.29 is 23.9 Å². The van der Waals surface area contributed by atoms with Gasteiger partial charge >= 0.3 is 5.97 Å². The predicted octanol–water partition coefficient (Wildman–Crippen LogP) is 1.25. The van der Waals surface area contributed by atoms with Gasteiger partial charge in [-0.1, -0.05) is 0 Å². The molecule has 0 saturated heterocycles. The van der Waals surface area contributed by atoms with E-state index >= 15 is 0 Å². The second-order valence-corrected chi connectivity index (χ2v) is 5.13. The summed E-state index contributed by atoms with van der Waals surface area (Å²) in [6, 6.07) is 3.71. The number of rotatable bonds is 6. The largest absolute Gasteiger partial charge is 0.480 e. The number of carbonyl (C=O) groups excluding carboxylic acids is 2. The van der Waals surface area contributed by atoms with Gasteiger partial charge in [-0.15, -0.1) is 0 Å². The number of amides is 2. The van der Waals surface area contributed by atoms with Crippen LogP contribution in [0.4, 0.5) is 4.39 Å². The number of hydrogen-bond donors (Lipinski definition) is 2. The Bertz CT molecular complexity index is 565. The number of carbonyl (C=O) groups is 3. The normalized spacial score (nSPS) is 10.0. The van der Waals surface area contributed by atoms with Crippen LogP contribution in [0.25, 0.3) is 0 Å². The third kappa shape index (κ3) is 5.50. The minimum absolute atomic E-state index is 0.0323. The fraction of sp³-hybridized carbons (Fsp3) is 0.308. The van der Waals surface area contributed by atoms with Crippen LogP contribution in [0.1, 0.15) is 16.8 Å². The summed E-state index contributed by atoms with van der Waals surface area (Å²) in [4.78, 5) is 34.9. The van der Waals surface area contributed by atoms with Crippen molar-refractivity contribution in [2.45, 2.75) is 6.42 Å². The Balaban J connectivity index is 2.48. The zero-order chi connectivity index (χ0) is 16.0. The van der Waals surface area contributed by atoms with E-state index in [9.17, 15) is 18.8 Å². The van der Waals surface area contributed by atoms with Crippen molar-refractivity contribution in [1.82, 2.24) is 10.2 Å². The Morgan fingerprint density at radius 2 is 2.05 bits per heavy atom. The van der Waals surface area contributed by atoms with Crippen molar-refractivity contribution in [2.24, 2.45) is 0 Å². The van der Waals surface area contributed by atoms with Crippen molar-refractivity contribution in [2.75, 3.05) is 20.1 Å². The third-order valence-electron chi connectivity index (χ3n) is 2.60. The monoisotopic (exact) mass is 360 g/mol. The van der Waals surface area contributed by atoms with Crippen LogP contribution in [0.3, 0.4) is 0 Å². The van der Waals surface area contributed by atoms with Crippen molar-refractivity contribution in [3.8, 4) is 0 Å². The van der Waals surface area contributed by atoms with E-state index in [2.05, 4.69) is 21.2 Å². The topological polar surface area (TPSA) is 86.7 Å². The van der Waals surface area contributed by atoms with Gasteiger partial charge in [0.05, 0.1) is 5.56 Å². The highest BCUT2D eigenvalue weighted by Gasteiger charge is 2.14. The highest BCUT2D eigenvalue weighted by molar-refractivity contribution is 9.10. The lowest BCUT2D eigenvalue weighted by atomic mass is 10.2. The third-order valence-corrected chi connectivity index (χ3v) is 3.29. The molecule has 0 aromatic heterocycles. The van der Waals surface area contributed by atoms with Crippen LogP contribution < -0.4 is 5.32 Å². The van der Waals surface area contributed by atoms with E-state index in [0.29, 0.717) is 4.47 Å². The first-order chi connectivity index (χ1) is 9.81. The van der Waals surface area contributed by atoms with Gasteiger partial charge in [0.15, 0.2) is 0 Å². The van der Waals surface area contributed by atoms with Crippen LogP contribution >= 0.6 is 15.9 Å². The van der Waals surface area contributed by atoms with E-state index in [4.69, 9.17) is 5.11 Å². The molecule has 0 bridgehead atoms. The van der Waals surface area contributed by atoms with Gasteiger partial charge in [0.1, 0.15) is 12.4 Å². The fourth-order valence-electron chi connectivity index (χ4n) is 1.53. The summed E-state index contributed by atoms with van der Waals surface area (Å²) in [5.41, 5.74) is 0.126. The highest BCUT2D eigenvalue weighted by Crippen LogP contribution is 2.17. The van der Waals surface area contributed by atoms with Crippen LogP contribution in [0.5, 0.6) is 0 Å². The number of carboxylic acid groups (broad SMARTS) is 1. The predicted molar refractivity (Wildman–Crippen MR) is 76.3 cm³/mol. The first-order valence-electron chi connectivity index (χ1n) is 6.00. The fourth-order valence-corrected chi connectivity index (χ4v) is 1.96. The molecule has 6 nitrogen and oxygen atoms in total. The molecule has 0 spiro atoms. The van der Waals surface area contributed by atoms with Gasteiger partial charge in [-0.2, -0.15) is 0 Å². The molecule has 0 saturated carbocycles. The van der Waals surface area contributed by atoms with E-state index in [-0.39, 0.29) is 18.5 Å². The molecule has 21 heavy (non-hydrogen) atoms. The van der Waals surface area contributed by atoms with E-state index < -0.39 is 30.1 Å². The van der Waals surface area contributed by atoms with E-state index in [0.717, 1.165) is 11.0 Å². The van der Waals surface area contributed by atoms with E-state index in [1.165, 1.54) is 19.2 Å². The van der Waals surface area contributed by atoms with Gasteiger partial charge in [0, 0.05) is 24.5 Å². The van der Waals surface area contributed by atoms with Crippen molar-refractivity contribution >= 4 is 33.7 Å². The molecule has 0 aliphatic rings. The average molecular weight is 361 g/mol. The molecule has 0 unspecified atom stereocenters. The smallest absolute Gasteiger partial charge is 0.323 e. The van der Waals surface area contributed by atoms with Crippen LogP contribution in [-0.4, -0.2) is 47.9 Å². The Hall–Kier alpha value is -1.96. The minimum Gasteiger partial charge on any atom is -0.480 e. The number of benzene rings is 1. The van der Waals surface area contributed by atoms with Gasteiger partial charge in [0.25, 0.3) is 5.91 Å². The lowest BCUT2D eigenvalue weighted by Gasteiger charge is -2.14. The maximum absolute atomic E-state index is 13.1. The Morgan fingerprint density at radius 1 is 1.38 bits per heavy atom. The molecule has 0 atom stereocenters. The molecule has 0 aliphatic carbocycles. The SMILES string of the molecule is CN(CC(=O)O)C(=O)CCNC(=O)c1cc(F)ccc1Br. The lowest BCUT2D eigenvalue weighted by molar-refractivity contribution is -0.143. The maximum atomic E-state index is 13.1. The summed E-state index contributed by atoms with van der Waals surface area (Å²) >= 11 is 3.13. The standard InChI is InChI=1S/C13H14BrFN2O4/c1-17(7-12(19)20)11(18)4-5-16-13(21)9-6-8(15)2-3-10(9)14/h2-3,6H,4-5,7H2,1H3,(H,16,21)(H,19,20). The molecule has 0 radical (unpaired) electrons. The second-order valence-electron chi connectivity index (χ2n) is 4.27. The van der Waals surface area contributed by atoms with Gasteiger partial charge in [-0.05, 0) is 34.1 Å². The van der Waals surface area contributed by atoms with Crippen LogP contribution in [-0.2, 0) is 9.59 Å². The quantitative estimate of drug-likeness (QED) is 0.799. The first kappa shape index (κ1) is 17.1. The molecule has 8 heteroatoms. The summed E-state index contributed by atoms with van der Waals surface area (Å²) in [5, 5.41) is 11.0. The molecule has 1 rings (SSSR count). The van der Waals surface area contributed by atoms with Crippen LogP contribution in [0.15, 0.2) is 22.7 Å². The summed E-state index contributed by atoms with van der Waals surface area (Å²) < 4.78 is 13.5. The molecular weight excluding hydrogens is 347 g/mol. The number of aliphatic carboxylic acids is 1. The lowest BCUT2D eigenvalue weighted by Crippen LogP contribution is -2.35. The van der Waals surface area contributed by atoms with Gasteiger partial charge in [-0.3, -0.25) is 14.4 Å². The zero-order valence-corrected chi connectivity index (χ0v) is 12.8. The summed E-state index contributed by atoms with van der Waals surface area (Å²) in [5.74, 6) is -2.58. The minimum atomic E-state index is -1.11. The van der Waals surface area contributed by atoms with Gasteiger partial charge < -0.3 is 15.3 Å². The number of halogens is 2. The van der Waals surface area contributed by atoms with E-state index in [1.807, 2.05) is 0 Å². The number of nitrogens with one attached hydrogen (secondary N) is 1. The van der Waals surface area contributed by atoms with Crippen molar-refractivity contribution in [3.63, 3.8) is 0 Å². The zero-order valence-electron chi connectivity index (χ0n) is 11.2. The van der Waals surface area contributed by atoms with Gasteiger partial charge in [-0.25, -0.2) is 4.39 Å². The Kier molecular flexibility index (Phi) is 6.29. The molecular formula is C13H14BrFN2O4. The second kappa shape index (κ2) is 7.72. The Morgan fingerprint density at radius 3 is 2.67 bits per heavy atom. The molecule has 0 heterocycles.